The second-order valence-electron chi connectivity index (χ2n) is 8.14. The highest BCUT2D eigenvalue weighted by Gasteiger charge is 2.34. The first-order valence-corrected chi connectivity index (χ1v) is 12.3. The van der Waals surface area contributed by atoms with E-state index in [1.165, 1.54) is 22.5 Å². The fraction of sp³-hybridized carbons (Fsp3) is 0.240. The van der Waals surface area contributed by atoms with E-state index in [0.29, 0.717) is 13.0 Å². The van der Waals surface area contributed by atoms with Crippen molar-refractivity contribution < 1.29 is 17.5 Å². The van der Waals surface area contributed by atoms with Gasteiger partial charge in [-0.05, 0) is 49.2 Å². The number of benzene rings is 2. The summed E-state index contributed by atoms with van der Waals surface area (Å²) in [5.41, 5.74) is 2.68. The largest absolute Gasteiger partial charge is 0.497 e. The maximum Gasteiger partial charge on any atom is 0.246 e. The van der Waals surface area contributed by atoms with Crippen LogP contribution in [-0.4, -0.2) is 42.3 Å². The molecule has 1 aliphatic heterocycles. The molecule has 0 bridgehead atoms. The number of nitrogens with zero attached hydrogens (tertiary/aromatic N) is 3. The van der Waals surface area contributed by atoms with Gasteiger partial charge in [0.25, 0.3) is 0 Å². The molecule has 5 rings (SSSR count). The average molecular weight is 466 g/mol. The van der Waals surface area contributed by atoms with Crippen molar-refractivity contribution in [2.24, 2.45) is 0 Å². The van der Waals surface area contributed by atoms with Crippen molar-refractivity contribution in [3.63, 3.8) is 0 Å². The lowest BCUT2D eigenvalue weighted by atomic mass is 9.99. The van der Waals surface area contributed by atoms with E-state index in [1.54, 1.807) is 13.2 Å². The Morgan fingerprint density at radius 2 is 1.88 bits per heavy atom. The second-order valence-corrected chi connectivity index (χ2v) is 10.0. The fourth-order valence-electron chi connectivity index (χ4n) is 4.50. The van der Waals surface area contributed by atoms with Crippen LogP contribution in [0, 0.1) is 5.82 Å². The van der Waals surface area contributed by atoms with Crippen molar-refractivity contribution in [1.29, 1.82) is 0 Å². The number of pyridine rings is 1. The first-order chi connectivity index (χ1) is 16.0. The summed E-state index contributed by atoms with van der Waals surface area (Å²) in [6.07, 6.45) is 3.43. The van der Waals surface area contributed by atoms with E-state index in [2.05, 4.69) is 0 Å². The predicted molar refractivity (Wildman–Crippen MR) is 124 cm³/mol. The molecule has 0 amide bonds. The number of halogens is 1. The summed E-state index contributed by atoms with van der Waals surface area (Å²) in [7, 11) is -2.31. The highest BCUT2D eigenvalue weighted by atomic mass is 32.2. The maximum atomic E-state index is 14.3. The van der Waals surface area contributed by atoms with Crippen LogP contribution in [0.25, 0.3) is 16.8 Å². The standard InChI is InChI=1S/C25H24FN3O3S/c1-32-20-10-6-8-18(16-20)24-22-12-4-5-15-29(22)25(27-24)19-9-7-14-28(17-19)33(30,31)23-13-3-2-11-21(23)26/h2-6,8,10-13,15-16,19H,7,9,14,17H2,1H3. The molecule has 0 radical (unpaired) electrons. The number of hydrogen-bond donors (Lipinski definition) is 0. The summed E-state index contributed by atoms with van der Waals surface area (Å²) in [5.74, 6) is 0.698. The Balaban J connectivity index is 1.54. The molecule has 0 aliphatic carbocycles. The third kappa shape index (κ3) is 3.89. The zero-order valence-electron chi connectivity index (χ0n) is 18.2. The van der Waals surface area contributed by atoms with E-state index in [1.807, 2.05) is 53.1 Å². The first-order valence-electron chi connectivity index (χ1n) is 10.8. The van der Waals surface area contributed by atoms with E-state index in [0.717, 1.165) is 34.8 Å². The van der Waals surface area contributed by atoms with Gasteiger partial charge < -0.3 is 9.14 Å². The SMILES string of the molecule is COc1cccc(-c2nc(C3CCCN(S(=O)(=O)c4ccccc4F)C3)n3ccccc23)c1. The summed E-state index contributed by atoms with van der Waals surface area (Å²) < 4.78 is 49.5. The number of rotatable bonds is 5. The molecule has 3 heterocycles. The van der Waals surface area contributed by atoms with E-state index < -0.39 is 15.8 Å². The third-order valence-electron chi connectivity index (χ3n) is 6.12. The molecule has 8 heteroatoms. The van der Waals surface area contributed by atoms with Crippen molar-refractivity contribution >= 4 is 15.5 Å². The average Bonchev–Trinajstić information content (AvgIpc) is 3.24. The number of imidazole rings is 1. The van der Waals surface area contributed by atoms with Gasteiger partial charge in [-0.3, -0.25) is 0 Å². The summed E-state index contributed by atoms with van der Waals surface area (Å²) >= 11 is 0. The van der Waals surface area contributed by atoms with Gasteiger partial charge in [-0.25, -0.2) is 17.8 Å². The lowest BCUT2D eigenvalue weighted by Gasteiger charge is -2.31. The molecule has 2 aromatic carbocycles. The Morgan fingerprint density at radius 1 is 1.06 bits per heavy atom. The van der Waals surface area contributed by atoms with Gasteiger partial charge in [0.05, 0.1) is 18.3 Å². The van der Waals surface area contributed by atoms with Crippen LogP contribution in [-0.2, 0) is 10.0 Å². The minimum atomic E-state index is -3.94. The maximum absolute atomic E-state index is 14.3. The molecule has 4 aromatic rings. The molecule has 1 saturated heterocycles. The van der Waals surface area contributed by atoms with Crippen LogP contribution in [0.3, 0.4) is 0 Å². The molecule has 0 spiro atoms. The van der Waals surface area contributed by atoms with Crippen LogP contribution in [0.1, 0.15) is 24.6 Å². The minimum absolute atomic E-state index is 0.116. The molecule has 6 nitrogen and oxygen atoms in total. The summed E-state index contributed by atoms with van der Waals surface area (Å²) in [6.45, 7) is 0.613. The van der Waals surface area contributed by atoms with E-state index in [4.69, 9.17) is 9.72 Å². The summed E-state index contributed by atoms with van der Waals surface area (Å²) in [4.78, 5) is 4.70. The van der Waals surface area contributed by atoms with Gasteiger partial charge in [0.2, 0.25) is 10.0 Å². The van der Waals surface area contributed by atoms with Crippen LogP contribution in [0.2, 0.25) is 0 Å². The van der Waals surface area contributed by atoms with Gasteiger partial charge in [0.15, 0.2) is 0 Å². The number of methoxy groups -OCH3 is 1. The third-order valence-corrected chi connectivity index (χ3v) is 8.02. The summed E-state index contributed by atoms with van der Waals surface area (Å²) in [5, 5.41) is 0. The van der Waals surface area contributed by atoms with Gasteiger partial charge in [0.1, 0.15) is 22.3 Å². The normalized spacial score (nSPS) is 17.3. The Hall–Kier alpha value is -3.23. The minimum Gasteiger partial charge on any atom is -0.497 e. The number of piperidine rings is 1. The zero-order valence-corrected chi connectivity index (χ0v) is 19.0. The molecule has 0 N–H and O–H groups in total. The molecule has 1 atom stereocenters. The van der Waals surface area contributed by atoms with Crippen molar-refractivity contribution in [3.05, 3.63) is 84.6 Å². The lowest BCUT2D eigenvalue weighted by Crippen LogP contribution is -2.39. The number of sulfonamides is 1. The molecule has 170 valence electrons. The quantitative estimate of drug-likeness (QED) is 0.428. The highest BCUT2D eigenvalue weighted by Crippen LogP contribution is 2.34. The summed E-state index contributed by atoms with van der Waals surface area (Å²) in [6, 6.07) is 19.2. The van der Waals surface area contributed by atoms with Crippen molar-refractivity contribution in [2.75, 3.05) is 20.2 Å². The predicted octanol–water partition coefficient (Wildman–Crippen LogP) is 4.72. The number of ether oxygens (including phenoxy) is 1. The smallest absolute Gasteiger partial charge is 0.246 e. The number of fused-ring (bicyclic) bond motifs is 1. The Labute approximate surface area is 192 Å². The van der Waals surface area contributed by atoms with E-state index in [9.17, 15) is 12.8 Å². The van der Waals surface area contributed by atoms with Crippen LogP contribution in [0.15, 0.2) is 77.8 Å². The number of hydrogen-bond acceptors (Lipinski definition) is 4. The van der Waals surface area contributed by atoms with E-state index >= 15 is 0 Å². The Morgan fingerprint density at radius 3 is 2.70 bits per heavy atom. The topological polar surface area (TPSA) is 63.9 Å². The van der Waals surface area contributed by atoms with Gasteiger partial charge in [-0.15, -0.1) is 0 Å². The number of aromatic nitrogens is 2. The van der Waals surface area contributed by atoms with Gasteiger partial charge in [-0.2, -0.15) is 4.31 Å². The Bertz CT molecular complexity index is 1420. The van der Waals surface area contributed by atoms with Crippen molar-refractivity contribution in [1.82, 2.24) is 13.7 Å². The molecule has 0 saturated carbocycles. The van der Waals surface area contributed by atoms with Gasteiger partial charge >= 0.3 is 0 Å². The molecule has 33 heavy (non-hydrogen) atoms. The highest BCUT2D eigenvalue weighted by molar-refractivity contribution is 7.89. The molecule has 1 fully saturated rings. The monoisotopic (exact) mass is 465 g/mol. The van der Waals surface area contributed by atoms with Crippen LogP contribution in [0.5, 0.6) is 5.75 Å². The second kappa shape index (κ2) is 8.61. The van der Waals surface area contributed by atoms with Gasteiger partial charge in [0, 0.05) is 30.8 Å². The molecular formula is C25H24FN3O3S. The van der Waals surface area contributed by atoms with Crippen LogP contribution < -0.4 is 4.74 Å². The Kier molecular flexibility index (Phi) is 5.64. The molecule has 1 unspecified atom stereocenters. The fourth-order valence-corrected chi connectivity index (χ4v) is 6.09. The zero-order chi connectivity index (χ0) is 23.0. The van der Waals surface area contributed by atoms with Gasteiger partial charge in [-0.1, -0.05) is 30.3 Å². The lowest BCUT2D eigenvalue weighted by molar-refractivity contribution is 0.307. The van der Waals surface area contributed by atoms with Crippen LogP contribution >= 0.6 is 0 Å². The first kappa shape index (κ1) is 21.6. The van der Waals surface area contributed by atoms with Crippen molar-refractivity contribution in [2.45, 2.75) is 23.7 Å². The molecule has 1 aliphatic rings. The van der Waals surface area contributed by atoms with Crippen molar-refractivity contribution in [3.8, 4) is 17.0 Å². The molecular weight excluding hydrogens is 441 g/mol. The van der Waals surface area contributed by atoms with E-state index in [-0.39, 0.29) is 17.4 Å². The molecule has 2 aromatic heterocycles. The van der Waals surface area contributed by atoms with Crippen LogP contribution in [0.4, 0.5) is 4.39 Å².